The van der Waals surface area contributed by atoms with Gasteiger partial charge in [-0.05, 0) is 46.3 Å². The van der Waals surface area contributed by atoms with Gasteiger partial charge in [-0.15, -0.1) is 0 Å². The van der Waals surface area contributed by atoms with Crippen LogP contribution in [0.4, 0.5) is 5.69 Å². The van der Waals surface area contributed by atoms with Crippen LogP contribution in [0.2, 0.25) is 5.02 Å². The van der Waals surface area contributed by atoms with Crippen LogP contribution in [0, 0.1) is 0 Å². The van der Waals surface area contributed by atoms with Gasteiger partial charge in [0.2, 0.25) is 0 Å². The molecule has 0 spiro atoms. The number of benzene rings is 2. The molecule has 0 heterocycles. The number of sulfonamides is 1. The number of carbonyl (C=O) groups is 1. The van der Waals surface area contributed by atoms with Gasteiger partial charge in [0, 0.05) is 16.4 Å². The molecule has 116 valence electrons. The van der Waals surface area contributed by atoms with Crippen LogP contribution in [-0.2, 0) is 14.8 Å². The van der Waals surface area contributed by atoms with Gasteiger partial charge in [0.25, 0.3) is 10.0 Å². The third-order valence-electron chi connectivity index (χ3n) is 2.57. The van der Waals surface area contributed by atoms with Crippen LogP contribution in [0.5, 0.6) is 5.75 Å². The number of hydrogen-bond acceptors (Lipinski definition) is 4. The van der Waals surface area contributed by atoms with E-state index in [-0.39, 0.29) is 16.3 Å². The highest BCUT2D eigenvalue weighted by Crippen LogP contribution is 2.31. The van der Waals surface area contributed by atoms with E-state index >= 15 is 0 Å². The Morgan fingerprint density at radius 3 is 2.55 bits per heavy atom. The molecule has 2 aromatic carbocycles. The van der Waals surface area contributed by atoms with Crippen molar-refractivity contribution in [3.63, 3.8) is 0 Å². The smallest absolute Gasteiger partial charge is 0.308 e. The SMILES string of the molecule is CC(=O)Oc1ccc(Cl)cc1NS(=O)(=O)c1ccccc1Br. The molecule has 0 saturated carbocycles. The molecule has 0 unspecified atom stereocenters. The van der Waals surface area contributed by atoms with Crippen molar-refractivity contribution in [2.24, 2.45) is 0 Å². The van der Waals surface area contributed by atoms with E-state index in [1.54, 1.807) is 18.2 Å². The minimum Gasteiger partial charge on any atom is -0.424 e. The normalized spacial score (nSPS) is 11.0. The first kappa shape index (κ1) is 16.8. The number of ether oxygens (including phenoxy) is 1. The van der Waals surface area contributed by atoms with Crippen LogP contribution in [0.3, 0.4) is 0 Å². The number of halogens is 2. The molecular formula is C14H11BrClNO4S. The van der Waals surface area contributed by atoms with Gasteiger partial charge >= 0.3 is 5.97 Å². The van der Waals surface area contributed by atoms with E-state index in [9.17, 15) is 13.2 Å². The van der Waals surface area contributed by atoms with E-state index < -0.39 is 16.0 Å². The van der Waals surface area contributed by atoms with E-state index in [0.29, 0.717) is 9.50 Å². The standard InChI is InChI=1S/C14H11BrClNO4S/c1-9(18)21-13-7-6-10(16)8-12(13)17-22(19,20)14-5-3-2-4-11(14)15/h2-8,17H,1H3. The monoisotopic (exact) mass is 403 g/mol. The topological polar surface area (TPSA) is 72.5 Å². The molecule has 0 amide bonds. The Morgan fingerprint density at radius 2 is 1.91 bits per heavy atom. The fourth-order valence-corrected chi connectivity index (χ4v) is 3.93. The molecule has 1 N–H and O–H groups in total. The van der Waals surface area contributed by atoms with E-state index in [2.05, 4.69) is 20.7 Å². The fraction of sp³-hybridized carbons (Fsp3) is 0.0714. The highest BCUT2D eigenvalue weighted by atomic mass is 79.9. The molecule has 0 atom stereocenters. The third kappa shape index (κ3) is 4.00. The van der Waals surface area contributed by atoms with E-state index in [0.717, 1.165) is 0 Å². The van der Waals surface area contributed by atoms with Gasteiger partial charge in [0.15, 0.2) is 5.75 Å². The molecule has 0 aliphatic carbocycles. The first-order valence-electron chi connectivity index (χ1n) is 6.05. The van der Waals surface area contributed by atoms with Crippen molar-refractivity contribution in [2.45, 2.75) is 11.8 Å². The summed E-state index contributed by atoms with van der Waals surface area (Å²) < 4.78 is 32.7. The maximum Gasteiger partial charge on any atom is 0.308 e. The molecule has 2 rings (SSSR count). The van der Waals surface area contributed by atoms with Crippen molar-refractivity contribution in [1.29, 1.82) is 0 Å². The van der Waals surface area contributed by atoms with Crippen LogP contribution >= 0.6 is 27.5 Å². The Bertz CT molecular complexity index is 823. The summed E-state index contributed by atoms with van der Waals surface area (Å²) in [5.41, 5.74) is 0.0819. The molecule has 0 aliphatic rings. The summed E-state index contributed by atoms with van der Waals surface area (Å²) in [6.07, 6.45) is 0. The Kier molecular flexibility index (Phi) is 5.10. The largest absolute Gasteiger partial charge is 0.424 e. The van der Waals surface area contributed by atoms with E-state index in [1.165, 1.54) is 31.2 Å². The van der Waals surface area contributed by atoms with Crippen LogP contribution in [0.25, 0.3) is 0 Å². The van der Waals surface area contributed by atoms with Crippen LogP contribution < -0.4 is 9.46 Å². The highest BCUT2D eigenvalue weighted by Gasteiger charge is 2.20. The Hall–Kier alpha value is -1.57. The van der Waals surface area contributed by atoms with E-state index in [4.69, 9.17) is 16.3 Å². The van der Waals surface area contributed by atoms with Crippen molar-refractivity contribution in [3.8, 4) is 5.75 Å². The zero-order chi connectivity index (χ0) is 16.3. The lowest BCUT2D eigenvalue weighted by Gasteiger charge is -2.13. The molecule has 5 nitrogen and oxygen atoms in total. The van der Waals surface area contributed by atoms with Crippen LogP contribution in [-0.4, -0.2) is 14.4 Å². The maximum absolute atomic E-state index is 12.4. The summed E-state index contributed by atoms with van der Waals surface area (Å²) in [6.45, 7) is 1.22. The summed E-state index contributed by atoms with van der Waals surface area (Å²) in [4.78, 5) is 11.2. The zero-order valence-electron chi connectivity index (χ0n) is 11.3. The predicted octanol–water partition coefficient (Wildman–Crippen LogP) is 3.83. The summed E-state index contributed by atoms with van der Waals surface area (Å²) in [5, 5.41) is 0.306. The maximum atomic E-state index is 12.4. The summed E-state index contributed by atoms with van der Waals surface area (Å²) in [7, 11) is -3.87. The molecule has 0 aliphatic heterocycles. The lowest BCUT2D eigenvalue weighted by molar-refractivity contribution is -0.131. The number of hydrogen-bond donors (Lipinski definition) is 1. The van der Waals surface area contributed by atoms with Gasteiger partial charge in [0.1, 0.15) is 4.90 Å². The Labute approximate surface area is 141 Å². The Morgan fingerprint density at radius 1 is 1.23 bits per heavy atom. The second-order valence-corrected chi connectivity index (χ2v) is 7.21. The fourth-order valence-electron chi connectivity index (χ4n) is 1.69. The molecule has 0 bridgehead atoms. The van der Waals surface area contributed by atoms with Gasteiger partial charge in [-0.1, -0.05) is 23.7 Å². The lowest BCUT2D eigenvalue weighted by Crippen LogP contribution is -2.15. The number of rotatable bonds is 4. The second kappa shape index (κ2) is 6.68. The van der Waals surface area contributed by atoms with Crippen molar-refractivity contribution in [1.82, 2.24) is 0 Å². The molecule has 22 heavy (non-hydrogen) atoms. The first-order valence-corrected chi connectivity index (χ1v) is 8.70. The lowest BCUT2D eigenvalue weighted by atomic mass is 10.3. The van der Waals surface area contributed by atoms with Gasteiger partial charge < -0.3 is 4.74 Å². The van der Waals surface area contributed by atoms with Gasteiger partial charge in [-0.25, -0.2) is 8.42 Å². The van der Waals surface area contributed by atoms with Crippen molar-refractivity contribution < 1.29 is 17.9 Å². The molecule has 2 aromatic rings. The van der Waals surface area contributed by atoms with Crippen molar-refractivity contribution in [2.75, 3.05) is 4.72 Å². The van der Waals surface area contributed by atoms with Gasteiger partial charge in [-0.2, -0.15) is 0 Å². The average Bonchev–Trinajstić information content (AvgIpc) is 2.41. The molecular weight excluding hydrogens is 394 g/mol. The molecule has 0 saturated heterocycles. The molecule has 8 heteroatoms. The summed E-state index contributed by atoms with van der Waals surface area (Å²) in [5.74, 6) is -0.490. The Balaban J connectivity index is 2.43. The van der Waals surface area contributed by atoms with Crippen molar-refractivity contribution in [3.05, 3.63) is 52.0 Å². The van der Waals surface area contributed by atoms with Crippen LogP contribution in [0.15, 0.2) is 51.8 Å². The number of nitrogens with one attached hydrogen (secondary N) is 1. The average molecular weight is 405 g/mol. The number of esters is 1. The predicted molar refractivity (Wildman–Crippen MR) is 87.7 cm³/mol. The quantitative estimate of drug-likeness (QED) is 0.621. The molecule has 0 aromatic heterocycles. The number of carbonyl (C=O) groups excluding carboxylic acids is 1. The van der Waals surface area contributed by atoms with Gasteiger partial charge in [0.05, 0.1) is 5.69 Å². The van der Waals surface area contributed by atoms with Gasteiger partial charge in [-0.3, -0.25) is 9.52 Å². The molecule has 0 radical (unpaired) electrons. The first-order chi connectivity index (χ1) is 10.3. The summed E-state index contributed by atoms with van der Waals surface area (Å²) >= 11 is 9.06. The number of anilines is 1. The molecule has 0 fully saturated rings. The second-order valence-electron chi connectivity index (χ2n) is 4.27. The van der Waals surface area contributed by atoms with Crippen LogP contribution in [0.1, 0.15) is 6.92 Å². The summed E-state index contributed by atoms with van der Waals surface area (Å²) in [6, 6.07) is 10.6. The zero-order valence-corrected chi connectivity index (χ0v) is 14.5. The third-order valence-corrected chi connectivity index (χ3v) is 5.18. The minimum absolute atomic E-state index is 0.0590. The van der Waals surface area contributed by atoms with Crippen molar-refractivity contribution >= 4 is 49.2 Å². The minimum atomic E-state index is -3.87. The van der Waals surface area contributed by atoms with E-state index in [1.807, 2.05) is 0 Å². The highest BCUT2D eigenvalue weighted by molar-refractivity contribution is 9.10.